The Balaban J connectivity index is 1.95. The second-order valence-electron chi connectivity index (χ2n) is 4.49. The molecule has 0 spiro atoms. The topological polar surface area (TPSA) is 46.5 Å². The molecular formula is C16H11IO3. The van der Waals surface area contributed by atoms with E-state index in [-0.39, 0.29) is 0 Å². The molecule has 0 saturated carbocycles. The van der Waals surface area contributed by atoms with Crippen molar-refractivity contribution in [2.75, 3.05) is 0 Å². The first-order valence-corrected chi connectivity index (χ1v) is 7.16. The number of benzene rings is 2. The number of aliphatic hydroxyl groups is 1. The molecule has 3 rings (SSSR count). The second kappa shape index (κ2) is 5.03. The van der Waals surface area contributed by atoms with E-state index in [0.29, 0.717) is 11.3 Å². The zero-order valence-corrected chi connectivity index (χ0v) is 12.6. The van der Waals surface area contributed by atoms with Gasteiger partial charge in [-0.15, -0.1) is 0 Å². The maximum Gasteiger partial charge on any atom is 0.299 e. The van der Waals surface area contributed by atoms with Crippen LogP contribution in [0, 0.1) is 3.57 Å². The summed E-state index contributed by atoms with van der Waals surface area (Å²) in [5, 5.41) is 10.5. The Morgan fingerprint density at radius 2 is 1.65 bits per heavy atom. The zero-order valence-electron chi connectivity index (χ0n) is 10.4. The van der Waals surface area contributed by atoms with E-state index in [1.165, 1.54) is 6.08 Å². The number of rotatable bonds is 2. The van der Waals surface area contributed by atoms with Crippen molar-refractivity contribution in [2.45, 2.75) is 5.79 Å². The quantitative estimate of drug-likeness (QED) is 0.818. The van der Waals surface area contributed by atoms with Gasteiger partial charge in [0.05, 0.1) is 0 Å². The molecule has 4 heteroatoms. The van der Waals surface area contributed by atoms with Gasteiger partial charge in [-0.3, -0.25) is 4.79 Å². The molecular weight excluding hydrogens is 367 g/mol. The van der Waals surface area contributed by atoms with E-state index >= 15 is 0 Å². The van der Waals surface area contributed by atoms with E-state index in [9.17, 15) is 9.90 Å². The van der Waals surface area contributed by atoms with E-state index in [4.69, 9.17) is 4.74 Å². The minimum atomic E-state index is -1.92. The summed E-state index contributed by atoms with van der Waals surface area (Å²) in [6, 6.07) is 16.3. The number of hydrogen-bond donors (Lipinski definition) is 1. The molecule has 0 aliphatic carbocycles. The fourth-order valence-electron chi connectivity index (χ4n) is 2.08. The molecule has 0 aromatic heterocycles. The average Bonchev–Trinajstić information content (AvgIpc) is 2.78. The van der Waals surface area contributed by atoms with Crippen LogP contribution in [0.1, 0.15) is 11.1 Å². The fraction of sp³-hybridized carbons (Fsp3) is 0.0625. The average molecular weight is 378 g/mol. The van der Waals surface area contributed by atoms with Gasteiger partial charge in [0.2, 0.25) is 5.78 Å². The van der Waals surface area contributed by atoms with Crippen molar-refractivity contribution < 1.29 is 14.6 Å². The number of halogens is 1. The Morgan fingerprint density at radius 3 is 2.30 bits per heavy atom. The van der Waals surface area contributed by atoms with Gasteiger partial charge in [0, 0.05) is 20.8 Å². The number of ether oxygens (including phenoxy) is 1. The van der Waals surface area contributed by atoms with Crippen LogP contribution in [0.2, 0.25) is 0 Å². The third-order valence-electron chi connectivity index (χ3n) is 3.15. The van der Waals surface area contributed by atoms with Crippen LogP contribution in [0.4, 0.5) is 0 Å². The van der Waals surface area contributed by atoms with Crippen LogP contribution < -0.4 is 0 Å². The second-order valence-corrected chi connectivity index (χ2v) is 5.74. The third-order valence-corrected chi connectivity index (χ3v) is 3.87. The van der Waals surface area contributed by atoms with E-state index in [1.807, 2.05) is 42.5 Å². The maximum absolute atomic E-state index is 12.1. The van der Waals surface area contributed by atoms with Gasteiger partial charge in [-0.2, -0.15) is 0 Å². The molecule has 1 atom stereocenters. The Kier molecular flexibility index (Phi) is 3.35. The van der Waals surface area contributed by atoms with Crippen molar-refractivity contribution >= 4 is 34.1 Å². The van der Waals surface area contributed by atoms with Crippen LogP contribution >= 0.6 is 22.6 Å². The van der Waals surface area contributed by atoms with E-state index < -0.39 is 11.6 Å². The van der Waals surface area contributed by atoms with Crippen molar-refractivity contribution in [1.82, 2.24) is 0 Å². The zero-order chi connectivity index (χ0) is 14.2. The van der Waals surface area contributed by atoms with Crippen LogP contribution in [-0.4, -0.2) is 10.9 Å². The molecule has 1 heterocycles. The Hall–Kier alpha value is -1.66. The molecule has 0 fully saturated rings. The van der Waals surface area contributed by atoms with Crippen LogP contribution in [0.5, 0.6) is 0 Å². The molecule has 1 N–H and O–H groups in total. The van der Waals surface area contributed by atoms with Crippen molar-refractivity contribution in [3.8, 4) is 0 Å². The van der Waals surface area contributed by atoms with Crippen LogP contribution in [-0.2, 0) is 15.3 Å². The molecule has 2 aromatic carbocycles. The van der Waals surface area contributed by atoms with Crippen molar-refractivity contribution in [2.24, 2.45) is 0 Å². The summed E-state index contributed by atoms with van der Waals surface area (Å²) in [7, 11) is 0. The minimum Gasteiger partial charge on any atom is -0.450 e. The highest BCUT2D eigenvalue weighted by Crippen LogP contribution is 2.36. The highest BCUT2D eigenvalue weighted by atomic mass is 127. The Labute approximate surface area is 130 Å². The van der Waals surface area contributed by atoms with Gasteiger partial charge >= 0.3 is 0 Å². The van der Waals surface area contributed by atoms with Crippen molar-refractivity contribution in [1.29, 1.82) is 0 Å². The minimum absolute atomic E-state index is 0.386. The molecule has 0 bridgehead atoms. The van der Waals surface area contributed by atoms with Gasteiger partial charge in [-0.05, 0) is 34.7 Å². The monoisotopic (exact) mass is 378 g/mol. The molecule has 100 valence electrons. The van der Waals surface area contributed by atoms with Gasteiger partial charge < -0.3 is 9.84 Å². The maximum atomic E-state index is 12.1. The lowest BCUT2D eigenvalue weighted by Gasteiger charge is -2.22. The molecule has 1 aliphatic rings. The summed E-state index contributed by atoms with van der Waals surface area (Å²) >= 11 is 2.16. The first-order valence-electron chi connectivity index (χ1n) is 6.08. The normalized spacial score (nSPS) is 21.5. The van der Waals surface area contributed by atoms with Gasteiger partial charge in [0.15, 0.2) is 0 Å². The molecule has 20 heavy (non-hydrogen) atoms. The van der Waals surface area contributed by atoms with Gasteiger partial charge in [0.1, 0.15) is 5.76 Å². The Morgan fingerprint density at radius 1 is 1.00 bits per heavy atom. The lowest BCUT2D eigenvalue weighted by atomic mass is 10.0. The standard InChI is InChI=1S/C16H11IO3/c17-13-8-6-12(7-9-13)16(19)15(18)10-14(20-16)11-4-2-1-3-5-11/h1-10,19H. The van der Waals surface area contributed by atoms with E-state index in [1.54, 1.807) is 12.1 Å². The molecule has 1 aliphatic heterocycles. The summed E-state index contributed by atoms with van der Waals surface area (Å²) in [5.74, 6) is -2.00. The summed E-state index contributed by atoms with van der Waals surface area (Å²) in [6.07, 6.45) is 1.34. The largest absolute Gasteiger partial charge is 0.450 e. The van der Waals surface area contributed by atoms with Crippen LogP contribution in [0.25, 0.3) is 5.76 Å². The van der Waals surface area contributed by atoms with Crippen LogP contribution in [0.15, 0.2) is 60.7 Å². The molecule has 0 radical (unpaired) electrons. The summed E-state index contributed by atoms with van der Waals surface area (Å²) in [6.45, 7) is 0. The predicted octanol–water partition coefficient (Wildman–Crippen LogP) is 3.08. The first kappa shape index (κ1) is 13.3. The number of hydrogen-bond acceptors (Lipinski definition) is 3. The molecule has 1 unspecified atom stereocenters. The number of carbonyl (C=O) groups excluding carboxylic acids is 1. The Bertz CT molecular complexity index is 677. The van der Waals surface area contributed by atoms with Gasteiger partial charge in [0.25, 0.3) is 5.79 Å². The lowest BCUT2D eigenvalue weighted by molar-refractivity contribution is -0.173. The SMILES string of the molecule is O=C1C=C(c2ccccc2)OC1(O)c1ccc(I)cc1. The molecule has 2 aromatic rings. The van der Waals surface area contributed by atoms with Crippen molar-refractivity contribution in [3.63, 3.8) is 0 Å². The number of ketones is 1. The molecule has 0 saturated heterocycles. The molecule has 0 amide bonds. The lowest BCUT2D eigenvalue weighted by Crippen LogP contribution is -2.32. The first-order chi connectivity index (χ1) is 9.59. The predicted molar refractivity (Wildman–Crippen MR) is 83.6 cm³/mol. The summed E-state index contributed by atoms with van der Waals surface area (Å²) in [4.78, 5) is 12.1. The van der Waals surface area contributed by atoms with Crippen LogP contribution in [0.3, 0.4) is 0 Å². The molecule has 3 nitrogen and oxygen atoms in total. The third kappa shape index (κ3) is 2.25. The number of carbonyl (C=O) groups is 1. The van der Waals surface area contributed by atoms with Gasteiger partial charge in [-0.25, -0.2) is 0 Å². The van der Waals surface area contributed by atoms with E-state index in [0.717, 1.165) is 9.13 Å². The summed E-state index contributed by atoms with van der Waals surface area (Å²) < 4.78 is 6.56. The fourth-order valence-corrected chi connectivity index (χ4v) is 2.44. The smallest absolute Gasteiger partial charge is 0.299 e. The highest BCUT2D eigenvalue weighted by molar-refractivity contribution is 14.1. The van der Waals surface area contributed by atoms with Gasteiger partial charge in [-0.1, -0.05) is 42.5 Å². The van der Waals surface area contributed by atoms with E-state index in [2.05, 4.69) is 22.6 Å². The highest BCUT2D eigenvalue weighted by Gasteiger charge is 2.44. The van der Waals surface area contributed by atoms with Crippen molar-refractivity contribution in [3.05, 3.63) is 75.4 Å². The summed E-state index contributed by atoms with van der Waals surface area (Å²) in [5.41, 5.74) is 1.20.